The second-order valence-corrected chi connectivity index (χ2v) is 4.81. The molecule has 0 spiro atoms. The van der Waals surface area contributed by atoms with Crippen LogP contribution >= 0.6 is 11.6 Å². The van der Waals surface area contributed by atoms with Gasteiger partial charge in [-0.1, -0.05) is 35.9 Å². The molecule has 2 aromatic rings. The average Bonchev–Trinajstić information content (AvgIpc) is 2.40. The average molecular weight is 282 g/mol. The van der Waals surface area contributed by atoms with Crippen LogP contribution in [-0.4, -0.2) is 6.54 Å². The van der Waals surface area contributed by atoms with E-state index in [1.807, 2.05) is 0 Å². The predicted molar refractivity (Wildman–Crippen MR) is 73.3 cm³/mol. The molecule has 0 fully saturated rings. The minimum atomic E-state index is -0.431. The predicted octanol–water partition coefficient (Wildman–Crippen LogP) is 3.90. The summed E-state index contributed by atoms with van der Waals surface area (Å²) in [7, 11) is 0. The van der Waals surface area contributed by atoms with Gasteiger partial charge in [-0.2, -0.15) is 0 Å². The molecule has 0 radical (unpaired) electrons. The molecule has 0 bridgehead atoms. The molecule has 100 valence electrons. The van der Waals surface area contributed by atoms with E-state index >= 15 is 0 Å². The van der Waals surface area contributed by atoms with Crippen molar-refractivity contribution < 1.29 is 8.78 Å². The van der Waals surface area contributed by atoms with Crippen LogP contribution in [0.5, 0.6) is 0 Å². The molecule has 0 amide bonds. The molecular weight excluding hydrogens is 268 g/mol. The van der Waals surface area contributed by atoms with Crippen molar-refractivity contribution in [2.75, 3.05) is 6.54 Å². The van der Waals surface area contributed by atoms with Gasteiger partial charge in [-0.05, 0) is 42.3 Å². The molecule has 0 aliphatic heterocycles. The van der Waals surface area contributed by atoms with Crippen LogP contribution in [0.2, 0.25) is 5.02 Å². The van der Waals surface area contributed by atoms with Gasteiger partial charge in [0.2, 0.25) is 0 Å². The zero-order chi connectivity index (χ0) is 13.8. The Labute approximate surface area is 116 Å². The van der Waals surface area contributed by atoms with Crippen LogP contribution in [0.1, 0.15) is 17.0 Å². The largest absolute Gasteiger partial charge is 0.330 e. The maximum absolute atomic E-state index is 13.8. The van der Waals surface area contributed by atoms with Crippen molar-refractivity contribution in [3.63, 3.8) is 0 Å². The van der Waals surface area contributed by atoms with E-state index in [0.29, 0.717) is 18.5 Å². The van der Waals surface area contributed by atoms with Crippen LogP contribution in [0.4, 0.5) is 8.78 Å². The normalized spacial score (nSPS) is 12.4. The molecule has 2 rings (SSSR count). The molecule has 1 atom stereocenters. The highest BCUT2D eigenvalue weighted by atomic mass is 35.5. The molecular formula is C15H14ClF2N. The van der Waals surface area contributed by atoms with Crippen LogP contribution in [0.25, 0.3) is 0 Å². The maximum atomic E-state index is 13.8. The van der Waals surface area contributed by atoms with Crippen LogP contribution in [0.3, 0.4) is 0 Å². The minimum Gasteiger partial charge on any atom is -0.330 e. The van der Waals surface area contributed by atoms with Crippen molar-refractivity contribution in [1.82, 2.24) is 0 Å². The lowest BCUT2D eigenvalue weighted by Crippen LogP contribution is -2.16. The number of halogens is 3. The smallest absolute Gasteiger partial charge is 0.144 e. The first kappa shape index (κ1) is 14.0. The fraction of sp³-hybridized carbons (Fsp3) is 0.200. The summed E-state index contributed by atoms with van der Waals surface area (Å²) >= 11 is 5.75. The van der Waals surface area contributed by atoms with Gasteiger partial charge in [0, 0.05) is 5.92 Å². The SMILES string of the molecule is NCC(Cc1cccc(Cl)c1F)c1cccc(F)c1. The first-order valence-corrected chi connectivity index (χ1v) is 6.38. The summed E-state index contributed by atoms with van der Waals surface area (Å²) in [6, 6.07) is 11.1. The molecule has 0 aromatic heterocycles. The quantitative estimate of drug-likeness (QED) is 0.904. The van der Waals surface area contributed by atoms with E-state index in [4.69, 9.17) is 17.3 Å². The van der Waals surface area contributed by atoms with Crippen LogP contribution < -0.4 is 5.73 Å². The Morgan fingerprint density at radius 2 is 1.84 bits per heavy atom. The van der Waals surface area contributed by atoms with Gasteiger partial charge >= 0.3 is 0 Å². The molecule has 0 aliphatic rings. The molecule has 1 unspecified atom stereocenters. The zero-order valence-electron chi connectivity index (χ0n) is 10.2. The van der Waals surface area contributed by atoms with E-state index in [2.05, 4.69) is 0 Å². The highest BCUT2D eigenvalue weighted by Crippen LogP contribution is 2.25. The Morgan fingerprint density at radius 1 is 1.11 bits per heavy atom. The number of hydrogen-bond acceptors (Lipinski definition) is 1. The van der Waals surface area contributed by atoms with Crippen molar-refractivity contribution in [2.24, 2.45) is 5.73 Å². The second kappa shape index (κ2) is 6.13. The third kappa shape index (κ3) is 3.31. The monoisotopic (exact) mass is 281 g/mol. The number of hydrogen-bond donors (Lipinski definition) is 1. The van der Waals surface area contributed by atoms with Crippen LogP contribution in [-0.2, 0) is 6.42 Å². The number of nitrogens with two attached hydrogens (primary N) is 1. The number of rotatable bonds is 4. The molecule has 0 saturated carbocycles. The molecule has 0 heterocycles. The summed E-state index contributed by atoms with van der Waals surface area (Å²) in [5.74, 6) is -0.884. The van der Waals surface area contributed by atoms with E-state index in [-0.39, 0.29) is 16.8 Å². The fourth-order valence-electron chi connectivity index (χ4n) is 2.07. The van der Waals surface area contributed by atoms with Crippen molar-refractivity contribution in [3.05, 3.63) is 70.2 Å². The van der Waals surface area contributed by atoms with Crippen molar-refractivity contribution in [1.29, 1.82) is 0 Å². The summed E-state index contributed by atoms with van der Waals surface area (Å²) in [4.78, 5) is 0. The van der Waals surface area contributed by atoms with E-state index < -0.39 is 5.82 Å². The van der Waals surface area contributed by atoms with E-state index in [1.54, 1.807) is 24.3 Å². The van der Waals surface area contributed by atoms with Crippen LogP contribution in [0.15, 0.2) is 42.5 Å². The van der Waals surface area contributed by atoms with Gasteiger partial charge in [0.05, 0.1) is 5.02 Å². The van der Waals surface area contributed by atoms with Crippen molar-refractivity contribution >= 4 is 11.6 Å². The van der Waals surface area contributed by atoms with Gasteiger partial charge in [-0.3, -0.25) is 0 Å². The summed E-state index contributed by atoms with van der Waals surface area (Å²) in [5, 5.41) is 0.0903. The Hall–Kier alpha value is -1.45. The standard InChI is InChI=1S/C15H14ClF2N/c16-14-6-2-4-11(15(14)18)7-12(9-19)10-3-1-5-13(17)8-10/h1-6,8,12H,7,9,19H2. The summed E-state index contributed by atoms with van der Waals surface area (Å²) < 4.78 is 27.1. The molecule has 1 nitrogen and oxygen atoms in total. The van der Waals surface area contributed by atoms with Crippen LogP contribution in [0, 0.1) is 11.6 Å². The van der Waals surface area contributed by atoms with E-state index in [0.717, 1.165) is 5.56 Å². The zero-order valence-corrected chi connectivity index (χ0v) is 11.0. The van der Waals surface area contributed by atoms with Gasteiger partial charge < -0.3 is 5.73 Å². The Kier molecular flexibility index (Phi) is 4.51. The lowest BCUT2D eigenvalue weighted by molar-refractivity contribution is 0.586. The minimum absolute atomic E-state index is 0.0903. The Morgan fingerprint density at radius 3 is 2.53 bits per heavy atom. The fourth-order valence-corrected chi connectivity index (χ4v) is 2.26. The third-order valence-corrected chi connectivity index (χ3v) is 3.39. The molecule has 2 N–H and O–H groups in total. The molecule has 4 heteroatoms. The van der Waals surface area contributed by atoms with Gasteiger partial charge in [0.1, 0.15) is 11.6 Å². The third-order valence-electron chi connectivity index (χ3n) is 3.10. The van der Waals surface area contributed by atoms with Gasteiger partial charge in [0.15, 0.2) is 0 Å². The molecule has 0 saturated heterocycles. The Balaban J connectivity index is 2.26. The first-order valence-electron chi connectivity index (χ1n) is 6.00. The topological polar surface area (TPSA) is 26.0 Å². The van der Waals surface area contributed by atoms with E-state index in [1.165, 1.54) is 18.2 Å². The van der Waals surface area contributed by atoms with E-state index in [9.17, 15) is 8.78 Å². The van der Waals surface area contributed by atoms with Gasteiger partial charge in [0.25, 0.3) is 0 Å². The summed E-state index contributed by atoms with van der Waals surface area (Å²) in [5.41, 5.74) is 6.97. The molecule has 0 aliphatic carbocycles. The summed E-state index contributed by atoms with van der Waals surface area (Å²) in [6.45, 7) is 0.315. The molecule has 19 heavy (non-hydrogen) atoms. The van der Waals surface area contributed by atoms with Gasteiger partial charge in [-0.25, -0.2) is 8.78 Å². The second-order valence-electron chi connectivity index (χ2n) is 4.40. The lowest BCUT2D eigenvalue weighted by Gasteiger charge is -2.16. The highest BCUT2D eigenvalue weighted by molar-refractivity contribution is 6.30. The summed E-state index contributed by atoms with van der Waals surface area (Å²) in [6.07, 6.45) is 0.395. The Bertz CT molecular complexity index is 572. The van der Waals surface area contributed by atoms with Crippen molar-refractivity contribution in [3.8, 4) is 0 Å². The maximum Gasteiger partial charge on any atom is 0.144 e. The lowest BCUT2D eigenvalue weighted by atomic mass is 9.92. The number of benzene rings is 2. The highest BCUT2D eigenvalue weighted by Gasteiger charge is 2.15. The van der Waals surface area contributed by atoms with Crippen molar-refractivity contribution in [2.45, 2.75) is 12.3 Å². The van der Waals surface area contributed by atoms with Gasteiger partial charge in [-0.15, -0.1) is 0 Å². The first-order chi connectivity index (χ1) is 9.11. The molecule has 2 aromatic carbocycles.